The predicted molar refractivity (Wildman–Crippen MR) is 192 cm³/mol. The van der Waals surface area contributed by atoms with Gasteiger partial charge in [0.2, 0.25) is 11.8 Å². The number of ether oxygens (including phenoxy) is 1. The van der Waals surface area contributed by atoms with Gasteiger partial charge >= 0.3 is 0 Å². The number of nitrogens with zero attached hydrogens (tertiary/aromatic N) is 5. The number of aryl methyl sites for hydroxylation is 3. The maximum absolute atomic E-state index is 13.0. The van der Waals surface area contributed by atoms with Gasteiger partial charge in [-0.15, -0.1) is 0 Å². The van der Waals surface area contributed by atoms with E-state index in [1.807, 2.05) is 49.4 Å². The number of fused-ring (bicyclic) bond motifs is 2. The van der Waals surface area contributed by atoms with Gasteiger partial charge in [0.1, 0.15) is 5.82 Å². The normalized spacial score (nSPS) is 20.3. The lowest BCUT2D eigenvalue weighted by Gasteiger charge is -2.28. The van der Waals surface area contributed by atoms with Crippen LogP contribution >= 0.6 is 23.2 Å². The van der Waals surface area contributed by atoms with Crippen LogP contribution in [0, 0.1) is 6.92 Å². The van der Waals surface area contributed by atoms with Crippen LogP contribution in [0.15, 0.2) is 59.5 Å². The summed E-state index contributed by atoms with van der Waals surface area (Å²) in [6.07, 6.45) is 5.99. The van der Waals surface area contributed by atoms with Gasteiger partial charge in [-0.3, -0.25) is 14.5 Å². The molecular weight excluding hydrogens is 661 g/mol. The number of nitrogens with one attached hydrogen (secondary N) is 2. The van der Waals surface area contributed by atoms with Crippen LogP contribution in [-0.4, -0.2) is 56.3 Å². The van der Waals surface area contributed by atoms with Gasteiger partial charge in [-0.2, -0.15) is 5.10 Å². The minimum Gasteiger partial charge on any atom is -0.481 e. The number of amides is 1. The van der Waals surface area contributed by atoms with Crippen LogP contribution in [0.5, 0.6) is 5.88 Å². The Hall–Kier alpha value is -4.51. The topological polar surface area (TPSA) is 114 Å². The van der Waals surface area contributed by atoms with E-state index in [0.717, 1.165) is 72.4 Å². The van der Waals surface area contributed by atoms with E-state index < -0.39 is 0 Å². The van der Waals surface area contributed by atoms with E-state index in [1.165, 1.54) is 10.2 Å². The number of carbonyl (C=O) groups is 1. The second kappa shape index (κ2) is 12.1. The number of benzene rings is 2. The van der Waals surface area contributed by atoms with Crippen molar-refractivity contribution >= 4 is 51.4 Å². The number of pyridine rings is 2. The SMILES string of the molecule is COc1nc(-c2cccc(-c3cccc(Nc4nc(C)cc5cnn(C)c(=O)c45)c3Cl)c2Cl)cc2c1[C@H](N1CC[C@@]3(CCC(=O)N3)C1)CC2. The van der Waals surface area contributed by atoms with Gasteiger partial charge in [0.15, 0.2) is 0 Å². The summed E-state index contributed by atoms with van der Waals surface area (Å²) in [7, 11) is 3.28. The van der Waals surface area contributed by atoms with Crippen molar-refractivity contribution in [2.75, 3.05) is 25.5 Å². The first-order valence-electron chi connectivity index (χ1n) is 16.5. The number of halogens is 2. The first-order chi connectivity index (χ1) is 23.6. The molecule has 250 valence electrons. The third-order valence-electron chi connectivity index (χ3n) is 10.3. The van der Waals surface area contributed by atoms with Gasteiger partial charge in [0.25, 0.3) is 5.56 Å². The summed E-state index contributed by atoms with van der Waals surface area (Å²) in [6.45, 7) is 3.65. The molecule has 2 atom stereocenters. The van der Waals surface area contributed by atoms with Crippen LogP contribution in [0.3, 0.4) is 0 Å². The molecule has 0 bridgehead atoms. The Labute approximate surface area is 293 Å². The number of aromatic nitrogens is 4. The van der Waals surface area contributed by atoms with Gasteiger partial charge < -0.3 is 15.4 Å². The van der Waals surface area contributed by atoms with Crippen molar-refractivity contribution in [2.45, 2.75) is 50.6 Å². The van der Waals surface area contributed by atoms with E-state index in [-0.39, 0.29) is 23.0 Å². The second-order valence-corrected chi connectivity index (χ2v) is 14.1. The maximum atomic E-state index is 13.0. The minimum absolute atomic E-state index is 0.110. The molecule has 5 aromatic rings. The highest BCUT2D eigenvalue weighted by atomic mass is 35.5. The molecule has 5 heterocycles. The minimum atomic E-state index is -0.259. The zero-order valence-electron chi connectivity index (χ0n) is 27.4. The van der Waals surface area contributed by atoms with Crippen LogP contribution in [0.4, 0.5) is 11.5 Å². The highest BCUT2D eigenvalue weighted by Gasteiger charge is 2.46. The van der Waals surface area contributed by atoms with Crippen molar-refractivity contribution in [1.29, 1.82) is 0 Å². The average Bonchev–Trinajstić information content (AvgIpc) is 3.81. The summed E-state index contributed by atoms with van der Waals surface area (Å²) < 4.78 is 7.22. The number of methoxy groups -OCH3 is 1. The fourth-order valence-corrected chi connectivity index (χ4v) is 8.47. The zero-order valence-corrected chi connectivity index (χ0v) is 29.0. The van der Waals surface area contributed by atoms with Gasteiger partial charge in [-0.05, 0) is 56.4 Å². The van der Waals surface area contributed by atoms with Crippen LogP contribution in [0.25, 0.3) is 33.2 Å². The standard InChI is InChI=1S/C37H35Cl2N7O3/c1-20-16-22-18-40-45(2)36(48)31(22)34(41-20)42-26-9-5-7-24(33(26)39)23-6-4-8-25(32(23)38)27-17-21-10-11-28(30(21)35(43-27)49-3)46-15-14-37(19-46)13-12-29(47)44-37/h4-9,16-18,28H,10-15,19H2,1-3H3,(H,41,42)(H,44,47)/t28-,37+/m1/s1. The molecule has 3 aliphatic rings. The van der Waals surface area contributed by atoms with Crippen molar-refractivity contribution < 1.29 is 9.53 Å². The lowest BCUT2D eigenvalue weighted by molar-refractivity contribution is -0.119. The summed E-state index contributed by atoms with van der Waals surface area (Å²) >= 11 is 14.3. The maximum Gasteiger partial charge on any atom is 0.278 e. The van der Waals surface area contributed by atoms with Crippen molar-refractivity contribution in [3.8, 4) is 28.3 Å². The van der Waals surface area contributed by atoms with Crippen LogP contribution in [0.1, 0.15) is 48.5 Å². The van der Waals surface area contributed by atoms with Gasteiger partial charge in [0.05, 0.1) is 45.7 Å². The Morgan fingerprint density at radius 1 is 1.00 bits per heavy atom. The quantitative estimate of drug-likeness (QED) is 0.200. The summed E-state index contributed by atoms with van der Waals surface area (Å²) in [5.41, 5.74) is 6.26. The van der Waals surface area contributed by atoms with Crippen molar-refractivity contribution in [3.05, 3.63) is 91.9 Å². The number of carbonyl (C=O) groups excluding carboxylic acids is 1. The molecule has 1 spiro atoms. The molecule has 2 fully saturated rings. The number of hydrogen-bond acceptors (Lipinski definition) is 8. The summed E-state index contributed by atoms with van der Waals surface area (Å²) in [5.74, 6) is 1.17. The molecule has 0 unspecified atom stereocenters. The Bertz CT molecular complexity index is 2240. The largest absolute Gasteiger partial charge is 0.481 e. The number of rotatable bonds is 6. The molecule has 3 aromatic heterocycles. The number of anilines is 2. The third kappa shape index (κ3) is 5.42. The van der Waals surface area contributed by atoms with Crippen molar-refractivity contribution in [3.63, 3.8) is 0 Å². The molecule has 2 N–H and O–H groups in total. The van der Waals surface area contributed by atoms with Crippen LogP contribution < -0.4 is 20.9 Å². The average molecular weight is 697 g/mol. The molecule has 1 aliphatic carbocycles. The van der Waals surface area contributed by atoms with E-state index in [0.29, 0.717) is 44.6 Å². The molecule has 10 nitrogen and oxygen atoms in total. The molecule has 49 heavy (non-hydrogen) atoms. The van der Waals surface area contributed by atoms with Gasteiger partial charge in [-0.25, -0.2) is 14.6 Å². The lowest BCUT2D eigenvalue weighted by Crippen LogP contribution is -2.44. The smallest absolute Gasteiger partial charge is 0.278 e. The summed E-state index contributed by atoms with van der Waals surface area (Å²) in [6, 6.07) is 15.7. The molecule has 2 aromatic carbocycles. The van der Waals surface area contributed by atoms with Crippen LogP contribution in [0.2, 0.25) is 10.0 Å². The molecule has 0 saturated carbocycles. The summed E-state index contributed by atoms with van der Waals surface area (Å²) in [4.78, 5) is 37.2. The first kappa shape index (κ1) is 31.7. The van der Waals surface area contributed by atoms with E-state index in [4.69, 9.17) is 32.9 Å². The van der Waals surface area contributed by atoms with E-state index >= 15 is 0 Å². The van der Waals surface area contributed by atoms with Gasteiger partial charge in [-0.1, -0.05) is 53.5 Å². The van der Waals surface area contributed by atoms with Gasteiger partial charge in [0, 0.05) is 65.9 Å². The highest BCUT2D eigenvalue weighted by Crippen LogP contribution is 2.47. The first-order valence-corrected chi connectivity index (χ1v) is 17.2. The predicted octanol–water partition coefficient (Wildman–Crippen LogP) is 6.77. The van der Waals surface area contributed by atoms with E-state index in [1.54, 1.807) is 20.4 Å². The Morgan fingerprint density at radius 3 is 2.55 bits per heavy atom. The fraction of sp³-hybridized carbons (Fsp3) is 0.324. The molecule has 2 saturated heterocycles. The summed E-state index contributed by atoms with van der Waals surface area (Å²) in [5, 5.41) is 12.8. The molecule has 2 aliphatic heterocycles. The number of hydrogen-bond donors (Lipinski definition) is 2. The number of likely N-dealkylation sites (tertiary alicyclic amines) is 1. The lowest BCUT2D eigenvalue weighted by atomic mass is 9.97. The second-order valence-electron chi connectivity index (χ2n) is 13.3. The van der Waals surface area contributed by atoms with Crippen LogP contribution in [-0.2, 0) is 18.3 Å². The molecule has 8 rings (SSSR count). The molecule has 0 radical (unpaired) electrons. The molecule has 12 heteroatoms. The third-order valence-corrected chi connectivity index (χ3v) is 11.1. The van der Waals surface area contributed by atoms with E-state index in [9.17, 15) is 9.59 Å². The fourth-order valence-electron chi connectivity index (χ4n) is 7.87. The Balaban J connectivity index is 1.13. The highest BCUT2D eigenvalue weighted by molar-refractivity contribution is 6.39. The Morgan fingerprint density at radius 2 is 1.78 bits per heavy atom. The monoisotopic (exact) mass is 695 g/mol. The van der Waals surface area contributed by atoms with Crippen molar-refractivity contribution in [1.82, 2.24) is 30.0 Å². The molecular formula is C37H35Cl2N7O3. The molecule has 1 amide bonds. The Kier molecular flexibility index (Phi) is 7.85. The zero-order chi connectivity index (χ0) is 34.0. The van der Waals surface area contributed by atoms with Crippen molar-refractivity contribution in [2.24, 2.45) is 7.05 Å². The van der Waals surface area contributed by atoms with E-state index in [2.05, 4.69) is 31.7 Å².